The largest absolute Gasteiger partial charge is 0.508 e. The first-order chi connectivity index (χ1) is 44.1. The van der Waals surface area contributed by atoms with Gasteiger partial charge in [-0.3, -0.25) is 33.6 Å². The molecular weight excluding hydrogens is 1180 g/mol. The molecule has 92 heavy (non-hydrogen) atoms. The molecule has 7 rings (SSSR count). The molecule has 0 radical (unpaired) electrons. The number of rotatable bonds is 13. The van der Waals surface area contributed by atoms with Crippen molar-refractivity contribution in [3.05, 3.63) is 161 Å². The van der Waals surface area contributed by atoms with Gasteiger partial charge < -0.3 is 63.8 Å². The van der Waals surface area contributed by atoms with Gasteiger partial charge in [-0.15, -0.1) is 0 Å². The molecule has 2 heterocycles. The number of methoxy groups -OCH3 is 3. The first kappa shape index (κ1) is 69.7. The van der Waals surface area contributed by atoms with E-state index in [0.717, 1.165) is 22.1 Å². The molecule has 22 heteroatoms. The monoisotopic (exact) mass is 1260 g/mol. The quantitative estimate of drug-likeness (QED) is 0.0859. The van der Waals surface area contributed by atoms with E-state index >= 15 is 0 Å². The number of fused-ring (bicyclic) bond motifs is 3. The number of phenols is 1. The smallest absolute Gasteiger partial charge is 0.330 e. The van der Waals surface area contributed by atoms with E-state index in [-0.39, 0.29) is 76.0 Å². The van der Waals surface area contributed by atoms with Crippen LogP contribution in [0, 0.1) is 5.41 Å². The van der Waals surface area contributed by atoms with Gasteiger partial charge in [-0.05, 0) is 123 Å². The molecule has 1 fully saturated rings. The summed E-state index contributed by atoms with van der Waals surface area (Å²) < 4.78 is 34.9. The summed E-state index contributed by atoms with van der Waals surface area (Å²) in [7, 11) is 8.91. The predicted molar refractivity (Wildman–Crippen MR) is 340 cm³/mol. The van der Waals surface area contributed by atoms with E-state index in [9.17, 15) is 48.3 Å². The molecule has 1 saturated heterocycles. The van der Waals surface area contributed by atoms with Crippen LogP contribution in [-0.4, -0.2) is 177 Å². The number of benzene rings is 5. The molecule has 0 unspecified atom stereocenters. The molecule has 0 spiro atoms. The van der Waals surface area contributed by atoms with Crippen LogP contribution < -0.4 is 29.6 Å². The SMILES string of the molecule is COc1cc(OC)c(OC)cc1CC[C@H]1OC(=O)[C@@H]2CCCCN2C(=O)C(=O)C(C)(C)COC(=O)C=CCCN(C)C(=O)[C@@H](Cc2ccccc2)NC(=O)CN(C)C(=O)[C@@H](Cc2ccccc2)NC(=O)[C@H](CCc2ccc(O)cc2)N(C)C(=O)COc2cccc1c2. The third kappa shape index (κ3) is 19.4. The number of nitrogens with one attached hydrogen (secondary N) is 2. The molecule has 0 aromatic heterocycles. The predicted octanol–water partition coefficient (Wildman–Crippen LogP) is 6.33. The second kappa shape index (κ2) is 33.4. The summed E-state index contributed by atoms with van der Waals surface area (Å²) in [6.45, 7) is 1.53. The molecule has 2 bridgehead atoms. The minimum Gasteiger partial charge on any atom is -0.508 e. The zero-order valence-electron chi connectivity index (χ0n) is 53.6. The third-order valence-electron chi connectivity index (χ3n) is 16.4. The van der Waals surface area contributed by atoms with Crippen molar-refractivity contribution in [2.75, 3.05) is 75.3 Å². The summed E-state index contributed by atoms with van der Waals surface area (Å²) in [5.74, 6) is -4.93. The van der Waals surface area contributed by atoms with Gasteiger partial charge in [0.2, 0.25) is 29.4 Å². The number of carbonyl (C=O) groups excluding carboxylic acids is 9. The van der Waals surface area contributed by atoms with Crippen LogP contribution in [0.1, 0.15) is 86.3 Å². The molecule has 5 atom stereocenters. The Bertz CT molecular complexity index is 3410. The maximum atomic E-state index is 14.9. The summed E-state index contributed by atoms with van der Waals surface area (Å²) in [4.78, 5) is 134. The van der Waals surface area contributed by atoms with Crippen LogP contribution in [0.15, 0.2) is 133 Å². The Morgan fingerprint density at radius 1 is 0.641 bits per heavy atom. The first-order valence-electron chi connectivity index (χ1n) is 30.7. The highest BCUT2D eigenvalue weighted by Crippen LogP contribution is 2.37. The van der Waals surface area contributed by atoms with Gasteiger partial charge in [-0.1, -0.05) is 91.0 Å². The molecule has 2 aliphatic rings. The number of Topliss-reactive ketones (excluding diaryl/α,β-unsaturated/α-hetero) is 1. The highest BCUT2D eigenvalue weighted by Gasteiger charge is 2.43. The van der Waals surface area contributed by atoms with E-state index in [4.69, 9.17) is 28.4 Å². The fourth-order valence-corrected chi connectivity index (χ4v) is 11.0. The van der Waals surface area contributed by atoms with Crippen LogP contribution in [0.4, 0.5) is 0 Å². The Hall–Kier alpha value is -9.73. The molecule has 2 aliphatic heterocycles. The molecule has 5 aromatic carbocycles. The van der Waals surface area contributed by atoms with Gasteiger partial charge in [0.05, 0.1) is 33.3 Å². The zero-order valence-corrected chi connectivity index (χ0v) is 53.6. The molecule has 0 aliphatic carbocycles. The summed E-state index contributed by atoms with van der Waals surface area (Å²) in [6.07, 6.45) is 3.84. The second-order valence-corrected chi connectivity index (χ2v) is 23.6. The summed E-state index contributed by atoms with van der Waals surface area (Å²) in [5.41, 5.74) is 1.78. The standard InChI is InChI=1S/C70H84N6O16/c1-70(2)45-91-63(80)27-16-17-36-73(3)66(83)53(38-47-20-11-9-12-21-47)71-61(78)43-74(4)67(84)54(39-48-22-13-10-14-23-48)72-65(82)55(34-30-46-28-32-51(77)33-29-46)75(5)62(79)44-90-52-25-19-24-49(40-52)57(35-31-50-41-59(88-7)60(89-8)42-58(50)87-6)92-69(86)56-26-15-18-37-76(56)68(85)64(70)81/h9-14,16,19-25,27-29,32-33,40-42,53-57,77H,15,17-18,26,30-31,34-39,43-45H2,1-8H3,(H,71,78)(H,72,82)/t53-,54-,55+,56+,57-/m1/s1. The number of esters is 2. The molecule has 5 aromatic rings. The molecular formula is C70H84N6O16. The third-order valence-corrected chi connectivity index (χ3v) is 16.4. The minimum atomic E-state index is -1.53. The van der Waals surface area contributed by atoms with Gasteiger partial charge in [0.25, 0.3) is 11.8 Å². The lowest BCUT2D eigenvalue weighted by Gasteiger charge is -2.36. The minimum absolute atomic E-state index is 0.00190. The van der Waals surface area contributed by atoms with Crippen molar-refractivity contribution in [1.82, 2.24) is 30.2 Å². The molecule has 0 saturated carbocycles. The molecule has 3 N–H and O–H groups in total. The number of piperidine rings is 1. The highest BCUT2D eigenvalue weighted by molar-refractivity contribution is 6.38. The van der Waals surface area contributed by atoms with Crippen LogP contribution in [0.25, 0.3) is 0 Å². The highest BCUT2D eigenvalue weighted by atomic mass is 16.5. The van der Waals surface area contributed by atoms with Crippen molar-refractivity contribution in [2.24, 2.45) is 5.41 Å². The van der Waals surface area contributed by atoms with Gasteiger partial charge in [0, 0.05) is 59.2 Å². The fourth-order valence-electron chi connectivity index (χ4n) is 11.0. The Balaban J connectivity index is 1.23. The van der Waals surface area contributed by atoms with E-state index in [1.807, 2.05) is 18.2 Å². The van der Waals surface area contributed by atoms with Crippen molar-refractivity contribution < 1.29 is 76.7 Å². The van der Waals surface area contributed by atoms with Crippen LogP contribution in [0.2, 0.25) is 0 Å². The van der Waals surface area contributed by atoms with E-state index < -0.39 is 109 Å². The maximum Gasteiger partial charge on any atom is 0.330 e. The van der Waals surface area contributed by atoms with Crippen LogP contribution in [-0.2, 0) is 78.3 Å². The Labute approximate surface area is 537 Å². The number of aromatic hydroxyl groups is 1. The number of nitrogens with zero attached hydrogens (tertiary/aromatic N) is 4. The number of hydrogen-bond acceptors (Lipinski definition) is 16. The summed E-state index contributed by atoms with van der Waals surface area (Å²) in [6, 6.07) is 29.7. The number of carbonyl (C=O) groups is 9. The average Bonchev–Trinajstić information content (AvgIpc) is 0.848. The Morgan fingerprint density at radius 2 is 1.27 bits per heavy atom. The summed E-state index contributed by atoms with van der Waals surface area (Å²) >= 11 is 0. The molecule has 22 nitrogen and oxygen atoms in total. The van der Waals surface area contributed by atoms with Crippen molar-refractivity contribution in [3.63, 3.8) is 0 Å². The maximum absolute atomic E-state index is 14.9. The topological polar surface area (TPSA) is 266 Å². The number of aryl methyl sites for hydroxylation is 2. The number of phenolic OH excluding ortho intramolecular Hbond substituents is 1. The normalized spacial score (nSPS) is 20.8. The van der Waals surface area contributed by atoms with Gasteiger partial charge >= 0.3 is 11.9 Å². The van der Waals surface area contributed by atoms with Crippen molar-refractivity contribution >= 4 is 53.2 Å². The second-order valence-electron chi connectivity index (χ2n) is 23.6. The van der Waals surface area contributed by atoms with E-state index in [2.05, 4.69) is 10.6 Å². The molecule has 490 valence electrons. The van der Waals surface area contributed by atoms with Gasteiger partial charge in [-0.2, -0.15) is 0 Å². The Morgan fingerprint density at radius 3 is 1.92 bits per heavy atom. The Kier molecular flexibility index (Phi) is 25.3. The van der Waals surface area contributed by atoms with Crippen LogP contribution in [0.3, 0.4) is 0 Å². The van der Waals surface area contributed by atoms with Crippen molar-refractivity contribution in [2.45, 2.75) is 108 Å². The van der Waals surface area contributed by atoms with Gasteiger partial charge in [0.15, 0.2) is 18.1 Å². The van der Waals surface area contributed by atoms with E-state index in [0.29, 0.717) is 46.8 Å². The average molecular weight is 1270 g/mol. The lowest BCUT2D eigenvalue weighted by Crippen LogP contribution is -2.57. The fraction of sp³-hybridized carbons (Fsp3) is 0.414. The number of amides is 6. The summed E-state index contributed by atoms with van der Waals surface area (Å²) in [5, 5.41) is 15.8. The first-order valence-corrected chi connectivity index (χ1v) is 30.7. The van der Waals surface area contributed by atoms with Crippen molar-refractivity contribution in [3.8, 4) is 28.7 Å². The number of ketones is 1. The van der Waals surface area contributed by atoms with E-state index in [1.54, 1.807) is 98.0 Å². The van der Waals surface area contributed by atoms with E-state index in [1.165, 1.54) is 82.2 Å². The number of ether oxygens (including phenoxy) is 6. The number of likely N-dealkylation sites (N-methyl/N-ethyl adjacent to an activating group) is 3. The zero-order chi connectivity index (χ0) is 66.5. The number of cyclic esters (lactones) is 2. The lowest BCUT2D eigenvalue weighted by molar-refractivity contribution is -0.165. The number of hydrogen-bond donors (Lipinski definition) is 3. The molecule has 6 amide bonds. The van der Waals surface area contributed by atoms with Crippen LogP contribution >= 0.6 is 0 Å². The van der Waals surface area contributed by atoms with Gasteiger partial charge in [-0.25, -0.2) is 9.59 Å². The van der Waals surface area contributed by atoms with Crippen molar-refractivity contribution in [1.29, 1.82) is 0 Å². The lowest BCUT2D eigenvalue weighted by atomic mass is 9.87. The van der Waals surface area contributed by atoms with Crippen LogP contribution in [0.5, 0.6) is 28.7 Å². The van der Waals surface area contributed by atoms with Gasteiger partial charge in [0.1, 0.15) is 54.1 Å².